The van der Waals surface area contributed by atoms with Crippen LogP contribution in [0.1, 0.15) is 30.0 Å². The molecule has 0 aliphatic rings. The largest absolute Gasteiger partial charge is 0.467 e. The van der Waals surface area contributed by atoms with Gasteiger partial charge in [-0.2, -0.15) is 0 Å². The molecule has 2 heterocycles. The second-order valence-electron chi connectivity index (χ2n) is 4.91. The van der Waals surface area contributed by atoms with Crippen molar-refractivity contribution >= 4 is 10.9 Å². The first kappa shape index (κ1) is 12.9. The molecule has 102 valence electrons. The van der Waals surface area contributed by atoms with Crippen LogP contribution >= 0.6 is 0 Å². The number of aryl methyl sites for hydroxylation is 1. The Labute approximate surface area is 118 Å². The van der Waals surface area contributed by atoms with Gasteiger partial charge in [-0.3, -0.25) is 4.98 Å². The average molecular weight is 266 g/mol. The number of hydrogen-bond acceptors (Lipinski definition) is 3. The predicted molar refractivity (Wildman–Crippen MR) is 80.7 cm³/mol. The van der Waals surface area contributed by atoms with Crippen LogP contribution in [0.15, 0.2) is 53.1 Å². The molecule has 1 atom stereocenters. The van der Waals surface area contributed by atoms with Gasteiger partial charge in [0.05, 0.1) is 17.8 Å². The summed E-state index contributed by atoms with van der Waals surface area (Å²) in [6, 6.07) is 14.5. The SMILES string of the molecule is CCNC(c1ccc2nc(C)ccc2c1)c1ccco1. The normalized spacial score (nSPS) is 12.7. The summed E-state index contributed by atoms with van der Waals surface area (Å²) in [5.74, 6) is 0.936. The standard InChI is InChI=1S/C17H18N2O/c1-3-18-17(16-5-4-10-20-16)14-8-9-15-13(11-14)7-6-12(2)19-15/h4-11,17-18H,3H2,1-2H3. The van der Waals surface area contributed by atoms with E-state index in [0.29, 0.717) is 0 Å². The summed E-state index contributed by atoms with van der Waals surface area (Å²) in [6.07, 6.45) is 1.71. The Hall–Kier alpha value is -2.13. The van der Waals surface area contributed by atoms with Crippen molar-refractivity contribution in [3.05, 3.63) is 65.7 Å². The number of hydrogen-bond donors (Lipinski definition) is 1. The molecule has 3 rings (SSSR count). The fourth-order valence-electron chi connectivity index (χ4n) is 2.47. The van der Waals surface area contributed by atoms with Crippen LogP contribution in [-0.2, 0) is 0 Å². The molecule has 0 amide bonds. The highest BCUT2D eigenvalue weighted by molar-refractivity contribution is 5.79. The van der Waals surface area contributed by atoms with Crippen molar-refractivity contribution in [3.63, 3.8) is 0 Å². The van der Waals surface area contributed by atoms with E-state index in [1.165, 1.54) is 5.56 Å². The average Bonchev–Trinajstić information content (AvgIpc) is 2.98. The van der Waals surface area contributed by atoms with E-state index in [9.17, 15) is 0 Å². The van der Waals surface area contributed by atoms with Gasteiger partial charge in [-0.15, -0.1) is 0 Å². The van der Waals surface area contributed by atoms with E-state index in [2.05, 4.69) is 41.5 Å². The summed E-state index contributed by atoms with van der Waals surface area (Å²) in [6.45, 7) is 5.00. The molecule has 3 aromatic rings. The van der Waals surface area contributed by atoms with Crippen LogP contribution in [0.2, 0.25) is 0 Å². The van der Waals surface area contributed by atoms with Crippen molar-refractivity contribution < 1.29 is 4.42 Å². The number of nitrogens with one attached hydrogen (secondary N) is 1. The zero-order chi connectivity index (χ0) is 13.9. The van der Waals surface area contributed by atoms with E-state index in [4.69, 9.17) is 4.42 Å². The molecule has 0 saturated carbocycles. The number of nitrogens with zero attached hydrogens (tertiary/aromatic N) is 1. The molecule has 1 unspecified atom stereocenters. The smallest absolute Gasteiger partial charge is 0.125 e. The summed E-state index contributed by atoms with van der Waals surface area (Å²) in [7, 11) is 0. The minimum absolute atomic E-state index is 0.0840. The lowest BCUT2D eigenvalue weighted by molar-refractivity contribution is 0.452. The molecule has 2 aromatic heterocycles. The molecule has 0 saturated heterocycles. The van der Waals surface area contributed by atoms with Crippen molar-refractivity contribution in [2.75, 3.05) is 6.54 Å². The number of rotatable bonds is 4. The lowest BCUT2D eigenvalue weighted by atomic mass is 10.0. The minimum Gasteiger partial charge on any atom is -0.467 e. The summed E-state index contributed by atoms with van der Waals surface area (Å²) in [5.41, 5.74) is 3.27. The van der Waals surface area contributed by atoms with E-state index in [0.717, 1.165) is 28.9 Å². The Morgan fingerprint density at radius 1 is 1.20 bits per heavy atom. The zero-order valence-corrected chi connectivity index (χ0v) is 11.8. The Morgan fingerprint density at radius 2 is 2.10 bits per heavy atom. The fourth-order valence-corrected chi connectivity index (χ4v) is 2.47. The van der Waals surface area contributed by atoms with Crippen molar-refractivity contribution in [1.29, 1.82) is 0 Å². The van der Waals surface area contributed by atoms with Gasteiger partial charge in [0.25, 0.3) is 0 Å². The number of furan rings is 1. The molecular weight excluding hydrogens is 248 g/mol. The van der Waals surface area contributed by atoms with Gasteiger partial charge in [-0.1, -0.05) is 19.1 Å². The van der Waals surface area contributed by atoms with Gasteiger partial charge in [0.1, 0.15) is 5.76 Å². The van der Waals surface area contributed by atoms with Gasteiger partial charge >= 0.3 is 0 Å². The fraction of sp³-hybridized carbons (Fsp3) is 0.235. The zero-order valence-electron chi connectivity index (χ0n) is 11.8. The van der Waals surface area contributed by atoms with Crippen LogP contribution < -0.4 is 5.32 Å². The van der Waals surface area contributed by atoms with Gasteiger partial charge in [-0.05, 0) is 49.4 Å². The van der Waals surface area contributed by atoms with Gasteiger partial charge in [0.2, 0.25) is 0 Å². The monoisotopic (exact) mass is 266 g/mol. The molecular formula is C17H18N2O. The van der Waals surface area contributed by atoms with Crippen LogP contribution in [0.25, 0.3) is 10.9 Å². The van der Waals surface area contributed by atoms with Gasteiger partial charge in [-0.25, -0.2) is 0 Å². The molecule has 20 heavy (non-hydrogen) atoms. The van der Waals surface area contributed by atoms with E-state index < -0.39 is 0 Å². The second-order valence-corrected chi connectivity index (χ2v) is 4.91. The van der Waals surface area contributed by atoms with Crippen molar-refractivity contribution in [3.8, 4) is 0 Å². The summed E-state index contributed by atoms with van der Waals surface area (Å²) in [5, 5.41) is 4.62. The van der Waals surface area contributed by atoms with Crippen molar-refractivity contribution in [2.24, 2.45) is 0 Å². The van der Waals surface area contributed by atoms with E-state index in [1.807, 2.05) is 25.1 Å². The summed E-state index contributed by atoms with van der Waals surface area (Å²) >= 11 is 0. The first-order valence-corrected chi connectivity index (χ1v) is 6.92. The molecule has 0 radical (unpaired) electrons. The van der Waals surface area contributed by atoms with Gasteiger partial charge < -0.3 is 9.73 Å². The van der Waals surface area contributed by atoms with Crippen LogP contribution in [0, 0.1) is 6.92 Å². The molecule has 0 bridgehead atoms. The lowest BCUT2D eigenvalue weighted by Crippen LogP contribution is -2.21. The minimum atomic E-state index is 0.0840. The van der Waals surface area contributed by atoms with Gasteiger partial charge in [0, 0.05) is 11.1 Å². The topological polar surface area (TPSA) is 38.1 Å². The van der Waals surface area contributed by atoms with Crippen LogP contribution in [-0.4, -0.2) is 11.5 Å². The number of aromatic nitrogens is 1. The maximum atomic E-state index is 5.56. The molecule has 3 nitrogen and oxygen atoms in total. The van der Waals surface area contributed by atoms with Crippen molar-refractivity contribution in [2.45, 2.75) is 19.9 Å². The third kappa shape index (κ3) is 2.45. The Morgan fingerprint density at radius 3 is 2.85 bits per heavy atom. The molecule has 1 N–H and O–H groups in total. The van der Waals surface area contributed by atoms with E-state index in [1.54, 1.807) is 6.26 Å². The quantitative estimate of drug-likeness (QED) is 0.779. The third-order valence-corrected chi connectivity index (χ3v) is 3.42. The van der Waals surface area contributed by atoms with E-state index in [-0.39, 0.29) is 6.04 Å². The van der Waals surface area contributed by atoms with Crippen LogP contribution in [0.3, 0.4) is 0 Å². The third-order valence-electron chi connectivity index (χ3n) is 3.42. The maximum absolute atomic E-state index is 5.56. The second kappa shape index (κ2) is 5.47. The lowest BCUT2D eigenvalue weighted by Gasteiger charge is -2.16. The Kier molecular flexibility index (Phi) is 3.52. The summed E-state index contributed by atoms with van der Waals surface area (Å²) in [4.78, 5) is 4.54. The highest BCUT2D eigenvalue weighted by atomic mass is 16.3. The number of benzene rings is 1. The maximum Gasteiger partial charge on any atom is 0.125 e. The van der Waals surface area contributed by atoms with Crippen LogP contribution in [0.5, 0.6) is 0 Å². The molecule has 0 aliphatic heterocycles. The van der Waals surface area contributed by atoms with E-state index >= 15 is 0 Å². The molecule has 0 spiro atoms. The van der Waals surface area contributed by atoms with Crippen molar-refractivity contribution in [1.82, 2.24) is 10.3 Å². The predicted octanol–water partition coefficient (Wildman–Crippen LogP) is 3.84. The molecule has 0 aliphatic carbocycles. The first-order chi connectivity index (χ1) is 9.78. The Bertz CT molecular complexity index is 704. The first-order valence-electron chi connectivity index (χ1n) is 6.92. The highest BCUT2D eigenvalue weighted by Crippen LogP contribution is 2.25. The number of pyridine rings is 1. The van der Waals surface area contributed by atoms with Crippen LogP contribution in [0.4, 0.5) is 0 Å². The number of fused-ring (bicyclic) bond motifs is 1. The summed E-state index contributed by atoms with van der Waals surface area (Å²) < 4.78 is 5.56. The molecule has 3 heteroatoms. The molecule has 1 aromatic carbocycles. The molecule has 0 fully saturated rings. The Balaban J connectivity index is 2.05. The van der Waals surface area contributed by atoms with Gasteiger partial charge in [0.15, 0.2) is 0 Å². The highest BCUT2D eigenvalue weighted by Gasteiger charge is 2.15.